The predicted octanol–water partition coefficient (Wildman–Crippen LogP) is 0.838. The number of piperidine rings is 3. The zero-order valence-electron chi connectivity index (χ0n) is 18.6. The fraction of sp³-hybridized carbons (Fsp3) is 0.727. The molecular formula is C22H33N5O4. The largest absolute Gasteiger partial charge is 0.467 e. The number of aromatic nitrogens is 2. The molecule has 0 aromatic carbocycles. The summed E-state index contributed by atoms with van der Waals surface area (Å²) >= 11 is 0. The Kier molecular flexibility index (Phi) is 6.71. The summed E-state index contributed by atoms with van der Waals surface area (Å²) in [6.07, 6.45) is 7.00. The second kappa shape index (κ2) is 9.48. The maximum absolute atomic E-state index is 13.3. The second-order valence-corrected chi connectivity index (χ2v) is 9.10. The van der Waals surface area contributed by atoms with Gasteiger partial charge < -0.3 is 19.7 Å². The molecule has 3 aliphatic heterocycles. The van der Waals surface area contributed by atoms with Crippen molar-refractivity contribution in [3.8, 4) is 6.01 Å². The third-order valence-corrected chi connectivity index (χ3v) is 6.76. The lowest BCUT2D eigenvalue weighted by molar-refractivity contribution is -0.161. The predicted molar refractivity (Wildman–Crippen MR) is 113 cm³/mol. The summed E-state index contributed by atoms with van der Waals surface area (Å²) in [7, 11) is 3.18. The van der Waals surface area contributed by atoms with E-state index in [9.17, 15) is 9.59 Å². The summed E-state index contributed by atoms with van der Waals surface area (Å²) in [6, 6.07) is -0.00795. The number of rotatable bonds is 7. The van der Waals surface area contributed by atoms with Crippen molar-refractivity contribution in [2.75, 3.05) is 33.9 Å². The standard InChI is InChI=1S/C22H33N5O4/c1-14(13-30-2)25-21(29)20-17-7-16(18-5-4-6-19(28)27(18)20)11-26(12-17)10-15-8-23-22(31-3)24-9-15/h8-9,14,16-18,20H,4-7,10-13H2,1-3H3,(H,25,29)/t14-,16-,17+,18-,20+/m0/s1. The number of carbonyl (C=O) groups is 2. The van der Waals surface area contributed by atoms with Crippen LogP contribution >= 0.6 is 0 Å². The molecule has 3 saturated heterocycles. The molecule has 0 saturated carbocycles. The van der Waals surface area contributed by atoms with Gasteiger partial charge in [0.1, 0.15) is 6.04 Å². The summed E-state index contributed by atoms with van der Waals surface area (Å²) in [5, 5.41) is 3.07. The monoisotopic (exact) mass is 431 g/mol. The van der Waals surface area contributed by atoms with E-state index in [0.29, 0.717) is 25.0 Å². The number of carbonyl (C=O) groups excluding carboxylic acids is 2. The van der Waals surface area contributed by atoms with Gasteiger partial charge in [0.25, 0.3) is 0 Å². The lowest BCUT2D eigenvalue weighted by Gasteiger charge is -2.56. The Morgan fingerprint density at radius 2 is 2.00 bits per heavy atom. The molecule has 4 rings (SSSR count). The van der Waals surface area contributed by atoms with E-state index in [0.717, 1.165) is 44.5 Å². The van der Waals surface area contributed by atoms with Crippen molar-refractivity contribution < 1.29 is 19.1 Å². The van der Waals surface area contributed by atoms with Crippen molar-refractivity contribution in [2.24, 2.45) is 11.8 Å². The fourth-order valence-electron chi connectivity index (χ4n) is 5.63. The van der Waals surface area contributed by atoms with Crippen LogP contribution in [0.25, 0.3) is 0 Å². The molecule has 4 heterocycles. The van der Waals surface area contributed by atoms with E-state index in [4.69, 9.17) is 9.47 Å². The van der Waals surface area contributed by atoms with Gasteiger partial charge in [0.2, 0.25) is 11.8 Å². The van der Waals surface area contributed by atoms with Crippen LogP contribution in [0.5, 0.6) is 6.01 Å². The van der Waals surface area contributed by atoms with Gasteiger partial charge in [0, 0.05) is 69.1 Å². The molecule has 0 radical (unpaired) electrons. The number of ether oxygens (including phenoxy) is 2. The Hall–Kier alpha value is -2.26. The molecule has 0 aliphatic carbocycles. The number of methoxy groups -OCH3 is 2. The first-order chi connectivity index (χ1) is 15.0. The number of nitrogens with zero attached hydrogens (tertiary/aromatic N) is 4. The smallest absolute Gasteiger partial charge is 0.316 e. The van der Waals surface area contributed by atoms with E-state index in [1.165, 1.54) is 0 Å². The van der Waals surface area contributed by atoms with Gasteiger partial charge in [-0.2, -0.15) is 0 Å². The molecule has 0 unspecified atom stereocenters. The average Bonchev–Trinajstić information content (AvgIpc) is 2.75. The Labute approximate surface area is 183 Å². The molecule has 2 amide bonds. The Morgan fingerprint density at radius 3 is 2.71 bits per heavy atom. The van der Waals surface area contributed by atoms with Gasteiger partial charge in [-0.15, -0.1) is 0 Å². The molecule has 9 heteroatoms. The zero-order chi connectivity index (χ0) is 22.0. The van der Waals surface area contributed by atoms with Crippen LogP contribution < -0.4 is 10.1 Å². The van der Waals surface area contributed by atoms with E-state index in [1.807, 2.05) is 11.8 Å². The molecule has 3 fully saturated rings. The van der Waals surface area contributed by atoms with Gasteiger partial charge in [-0.25, -0.2) is 9.97 Å². The van der Waals surface area contributed by atoms with Crippen LogP contribution in [-0.4, -0.2) is 83.6 Å². The van der Waals surface area contributed by atoms with Crippen LogP contribution in [-0.2, 0) is 20.9 Å². The third-order valence-electron chi connectivity index (χ3n) is 6.76. The van der Waals surface area contributed by atoms with E-state index in [1.54, 1.807) is 26.6 Å². The number of nitrogens with one attached hydrogen (secondary N) is 1. The van der Waals surface area contributed by atoms with Crippen molar-refractivity contribution in [1.29, 1.82) is 0 Å². The summed E-state index contributed by atoms with van der Waals surface area (Å²) in [5.74, 6) is 0.582. The number of likely N-dealkylation sites (tertiary alicyclic amines) is 1. The number of hydrogen-bond donors (Lipinski definition) is 1. The van der Waals surface area contributed by atoms with Crippen LogP contribution in [0.3, 0.4) is 0 Å². The van der Waals surface area contributed by atoms with Crippen LogP contribution in [0, 0.1) is 11.8 Å². The van der Waals surface area contributed by atoms with Crippen molar-refractivity contribution >= 4 is 11.8 Å². The molecular weight excluding hydrogens is 398 g/mol. The van der Waals surface area contributed by atoms with Crippen molar-refractivity contribution in [3.63, 3.8) is 0 Å². The zero-order valence-corrected chi connectivity index (χ0v) is 18.6. The number of fused-ring (bicyclic) bond motifs is 4. The Bertz CT molecular complexity index is 789. The molecule has 0 spiro atoms. The number of amides is 2. The van der Waals surface area contributed by atoms with Gasteiger partial charge in [0.15, 0.2) is 0 Å². The maximum atomic E-state index is 13.3. The van der Waals surface area contributed by atoms with Gasteiger partial charge in [-0.1, -0.05) is 0 Å². The fourth-order valence-corrected chi connectivity index (χ4v) is 5.63. The molecule has 1 aromatic rings. The lowest BCUT2D eigenvalue weighted by atomic mass is 9.71. The molecule has 2 bridgehead atoms. The first-order valence-electron chi connectivity index (χ1n) is 11.2. The second-order valence-electron chi connectivity index (χ2n) is 9.10. The Morgan fingerprint density at radius 1 is 1.26 bits per heavy atom. The molecule has 31 heavy (non-hydrogen) atoms. The number of hydrogen-bond acceptors (Lipinski definition) is 7. The third kappa shape index (κ3) is 4.67. The van der Waals surface area contributed by atoms with E-state index in [2.05, 4.69) is 20.2 Å². The molecule has 3 aliphatic rings. The normalized spacial score (nSPS) is 29.3. The highest BCUT2D eigenvalue weighted by molar-refractivity contribution is 5.89. The van der Waals surface area contributed by atoms with Gasteiger partial charge in [-0.05, 0) is 32.1 Å². The summed E-state index contributed by atoms with van der Waals surface area (Å²) in [5.41, 5.74) is 1.02. The SMILES string of the molecule is COC[C@H](C)NC(=O)[C@H]1[C@@H]2C[C@@H](CN(Cc3cnc(OC)nc3)C2)[C@@H]2CCCC(=O)N21. The first kappa shape index (κ1) is 22.0. The highest BCUT2D eigenvalue weighted by atomic mass is 16.5. The quantitative estimate of drug-likeness (QED) is 0.683. The minimum atomic E-state index is -0.414. The average molecular weight is 432 g/mol. The highest BCUT2D eigenvalue weighted by Gasteiger charge is 2.51. The van der Waals surface area contributed by atoms with Crippen molar-refractivity contribution in [2.45, 2.75) is 57.3 Å². The van der Waals surface area contributed by atoms with E-state index in [-0.39, 0.29) is 29.8 Å². The highest BCUT2D eigenvalue weighted by Crippen LogP contribution is 2.42. The van der Waals surface area contributed by atoms with Gasteiger partial charge >= 0.3 is 6.01 Å². The Balaban J connectivity index is 1.53. The summed E-state index contributed by atoms with van der Waals surface area (Å²) in [6.45, 7) is 4.80. The van der Waals surface area contributed by atoms with Crippen molar-refractivity contribution in [3.05, 3.63) is 18.0 Å². The maximum Gasteiger partial charge on any atom is 0.316 e. The molecule has 9 nitrogen and oxygen atoms in total. The molecule has 1 aromatic heterocycles. The molecule has 170 valence electrons. The van der Waals surface area contributed by atoms with Crippen LogP contribution in [0.1, 0.15) is 38.2 Å². The molecule has 5 atom stereocenters. The summed E-state index contributed by atoms with van der Waals surface area (Å²) in [4.78, 5) is 39.0. The summed E-state index contributed by atoms with van der Waals surface area (Å²) < 4.78 is 10.2. The molecule has 1 N–H and O–H groups in total. The van der Waals surface area contributed by atoms with Crippen LogP contribution in [0.4, 0.5) is 0 Å². The van der Waals surface area contributed by atoms with Gasteiger partial charge in [-0.3, -0.25) is 14.5 Å². The van der Waals surface area contributed by atoms with E-state index >= 15 is 0 Å². The minimum absolute atomic E-state index is 0.0529. The van der Waals surface area contributed by atoms with Gasteiger partial charge in [0.05, 0.1) is 13.7 Å². The first-order valence-corrected chi connectivity index (χ1v) is 11.2. The van der Waals surface area contributed by atoms with E-state index < -0.39 is 6.04 Å². The van der Waals surface area contributed by atoms with Crippen LogP contribution in [0.15, 0.2) is 12.4 Å². The van der Waals surface area contributed by atoms with Crippen LogP contribution in [0.2, 0.25) is 0 Å². The topological polar surface area (TPSA) is 96.9 Å². The van der Waals surface area contributed by atoms with Crippen molar-refractivity contribution in [1.82, 2.24) is 25.1 Å². The minimum Gasteiger partial charge on any atom is -0.467 e. The lowest BCUT2D eigenvalue weighted by Crippen LogP contribution is -2.68.